The van der Waals surface area contributed by atoms with E-state index in [1.807, 2.05) is 19.1 Å². The van der Waals surface area contributed by atoms with Gasteiger partial charge in [0.1, 0.15) is 0 Å². The number of nitrogen functional groups attached to an aromatic ring is 1. The Balaban J connectivity index is 2.08. The molecule has 4 heteroatoms. The van der Waals surface area contributed by atoms with Gasteiger partial charge in [-0.25, -0.2) is 0 Å². The zero-order chi connectivity index (χ0) is 15.4. The van der Waals surface area contributed by atoms with Gasteiger partial charge in [0, 0.05) is 16.9 Å². The highest BCUT2D eigenvalue weighted by Crippen LogP contribution is 2.20. The first-order valence-electron chi connectivity index (χ1n) is 6.74. The summed E-state index contributed by atoms with van der Waals surface area (Å²) in [5, 5.41) is 2.83. The fourth-order valence-electron chi connectivity index (χ4n) is 2.02. The summed E-state index contributed by atoms with van der Waals surface area (Å²) >= 11 is 0. The largest absolute Gasteiger partial charge is 0.399 e. The Bertz CT molecular complexity index is 663. The number of Topliss-reactive ketones (excluding diaryl/α,β-unsaturated/α-hetero) is 1. The minimum Gasteiger partial charge on any atom is -0.399 e. The number of benzene rings is 2. The van der Waals surface area contributed by atoms with E-state index in [1.54, 1.807) is 36.4 Å². The maximum absolute atomic E-state index is 12.2. The molecule has 0 bridgehead atoms. The van der Waals surface area contributed by atoms with Crippen molar-refractivity contribution in [3.8, 4) is 0 Å². The summed E-state index contributed by atoms with van der Waals surface area (Å²) in [5.74, 6) is -0.418. The second-order valence-electron chi connectivity index (χ2n) is 5.01. The summed E-state index contributed by atoms with van der Waals surface area (Å²) in [6.07, 6.45) is 0. The van der Waals surface area contributed by atoms with Crippen LogP contribution in [0.2, 0.25) is 0 Å². The molecule has 3 N–H and O–H groups in total. The van der Waals surface area contributed by atoms with Crippen LogP contribution in [0, 0.1) is 0 Å². The summed E-state index contributed by atoms with van der Waals surface area (Å²) < 4.78 is 0. The monoisotopic (exact) mass is 282 g/mol. The molecule has 1 amide bonds. The van der Waals surface area contributed by atoms with E-state index < -0.39 is 0 Å². The molecule has 0 aliphatic rings. The summed E-state index contributed by atoms with van der Waals surface area (Å²) in [6.45, 7) is 3.34. The summed E-state index contributed by atoms with van der Waals surface area (Å²) in [4.78, 5) is 23.4. The lowest BCUT2D eigenvalue weighted by Gasteiger charge is -2.13. The number of nitrogens with one attached hydrogen (secondary N) is 1. The summed E-state index contributed by atoms with van der Waals surface area (Å²) in [6, 6.07) is 14.1. The lowest BCUT2D eigenvalue weighted by Crippen LogP contribution is -2.19. The van der Waals surface area contributed by atoms with E-state index in [9.17, 15) is 9.59 Å². The van der Waals surface area contributed by atoms with E-state index in [2.05, 4.69) is 5.32 Å². The van der Waals surface area contributed by atoms with Crippen molar-refractivity contribution < 1.29 is 9.59 Å². The van der Waals surface area contributed by atoms with E-state index in [0.717, 1.165) is 5.56 Å². The highest BCUT2D eigenvalue weighted by molar-refractivity contribution is 5.97. The predicted octanol–water partition coefficient (Wildman–Crippen LogP) is 3.21. The molecule has 0 aromatic heterocycles. The number of amides is 1. The van der Waals surface area contributed by atoms with Crippen LogP contribution >= 0.6 is 0 Å². The molecule has 0 spiro atoms. The number of carbonyl (C=O) groups excluding carboxylic acids is 2. The van der Waals surface area contributed by atoms with Crippen LogP contribution in [0.15, 0.2) is 48.5 Å². The third-order valence-electron chi connectivity index (χ3n) is 3.36. The Morgan fingerprint density at radius 1 is 1.10 bits per heavy atom. The SMILES string of the molecule is CC(=O)c1ccc(NC(=O)C(C)c2cccc(N)c2)cc1. The van der Waals surface area contributed by atoms with Crippen LogP contribution in [0.5, 0.6) is 0 Å². The highest BCUT2D eigenvalue weighted by Gasteiger charge is 2.15. The van der Waals surface area contributed by atoms with Gasteiger partial charge in [0.05, 0.1) is 5.92 Å². The van der Waals surface area contributed by atoms with Gasteiger partial charge in [-0.3, -0.25) is 9.59 Å². The minimum atomic E-state index is -0.305. The van der Waals surface area contributed by atoms with Gasteiger partial charge in [0.2, 0.25) is 5.91 Å². The van der Waals surface area contributed by atoms with Crippen LogP contribution in [0.25, 0.3) is 0 Å². The van der Waals surface area contributed by atoms with Gasteiger partial charge < -0.3 is 11.1 Å². The Morgan fingerprint density at radius 3 is 2.33 bits per heavy atom. The quantitative estimate of drug-likeness (QED) is 0.668. The van der Waals surface area contributed by atoms with E-state index in [-0.39, 0.29) is 17.6 Å². The second kappa shape index (κ2) is 6.22. The first kappa shape index (κ1) is 14.8. The highest BCUT2D eigenvalue weighted by atomic mass is 16.1. The molecule has 0 saturated heterocycles. The molecule has 21 heavy (non-hydrogen) atoms. The molecule has 0 saturated carbocycles. The van der Waals surface area contributed by atoms with Gasteiger partial charge in [-0.05, 0) is 55.8 Å². The average molecular weight is 282 g/mol. The Morgan fingerprint density at radius 2 is 1.76 bits per heavy atom. The van der Waals surface area contributed by atoms with Gasteiger partial charge in [-0.15, -0.1) is 0 Å². The van der Waals surface area contributed by atoms with Crippen LogP contribution in [0.1, 0.15) is 35.7 Å². The molecule has 0 heterocycles. The van der Waals surface area contributed by atoms with Gasteiger partial charge in [-0.2, -0.15) is 0 Å². The smallest absolute Gasteiger partial charge is 0.231 e. The maximum atomic E-state index is 12.2. The van der Waals surface area contributed by atoms with Crippen LogP contribution in [-0.4, -0.2) is 11.7 Å². The average Bonchev–Trinajstić information content (AvgIpc) is 2.47. The molecular weight excluding hydrogens is 264 g/mol. The third-order valence-corrected chi connectivity index (χ3v) is 3.36. The van der Waals surface area contributed by atoms with Crippen molar-refractivity contribution in [2.24, 2.45) is 0 Å². The van der Waals surface area contributed by atoms with Crippen molar-refractivity contribution in [2.45, 2.75) is 19.8 Å². The number of hydrogen-bond donors (Lipinski definition) is 2. The van der Waals surface area contributed by atoms with E-state index in [0.29, 0.717) is 16.9 Å². The van der Waals surface area contributed by atoms with Crippen LogP contribution < -0.4 is 11.1 Å². The lowest BCUT2D eigenvalue weighted by molar-refractivity contribution is -0.117. The molecule has 108 valence electrons. The zero-order valence-corrected chi connectivity index (χ0v) is 12.1. The van der Waals surface area contributed by atoms with Crippen LogP contribution in [-0.2, 0) is 4.79 Å². The van der Waals surface area contributed by atoms with E-state index in [4.69, 9.17) is 5.73 Å². The molecule has 2 rings (SSSR count). The number of carbonyl (C=O) groups is 2. The summed E-state index contributed by atoms with van der Waals surface area (Å²) in [7, 11) is 0. The van der Waals surface area contributed by atoms with Crippen molar-refractivity contribution >= 4 is 23.1 Å². The Kier molecular flexibility index (Phi) is 4.38. The fourth-order valence-corrected chi connectivity index (χ4v) is 2.02. The summed E-state index contributed by atoms with van der Waals surface area (Å²) in [5.41, 5.74) is 8.53. The Labute approximate surface area is 124 Å². The molecular formula is C17H18N2O2. The first-order valence-corrected chi connectivity index (χ1v) is 6.74. The van der Waals surface area contributed by atoms with Crippen molar-refractivity contribution in [3.63, 3.8) is 0 Å². The molecule has 0 radical (unpaired) electrons. The predicted molar refractivity (Wildman–Crippen MR) is 84.3 cm³/mol. The topological polar surface area (TPSA) is 72.2 Å². The van der Waals surface area contributed by atoms with Crippen LogP contribution in [0.4, 0.5) is 11.4 Å². The maximum Gasteiger partial charge on any atom is 0.231 e. The molecule has 4 nitrogen and oxygen atoms in total. The van der Waals surface area contributed by atoms with Crippen molar-refractivity contribution in [1.29, 1.82) is 0 Å². The lowest BCUT2D eigenvalue weighted by atomic mass is 9.99. The molecule has 1 unspecified atom stereocenters. The fraction of sp³-hybridized carbons (Fsp3) is 0.176. The second-order valence-corrected chi connectivity index (χ2v) is 5.01. The number of anilines is 2. The number of ketones is 1. The van der Waals surface area contributed by atoms with E-state index in [1.165, 1.54) is 6.92 Å². The number of nitrogens with two attached hydrogens (primary N) is 1. The molecule has 0 fully saturated rings. The molecule has 1 atom stereocenters. The molecule has 2 aromatic carbocycles. The van der Waals surface area contributed by atoms with Crippen molar-refractivity contribution in [3.05, 3.63) is 59.7 Å². The van der Waals surface area contributed by atoms with Crippen molar-refractivity contribution in [2.75, 3.05) is 11.1 Å². The number of hydrogen-bond acceptors (Lipinski definition) is 3. The molecule has 2 aromatic rings. The van der Waals surface area contributed by atoms with Gasteiger partial charge in [0.25, 0.3) is 0 Å². The van der Waals surface area contributed by atoms with Crippen molar-refractivity contribution in [1.82, 2.24) is 0 Å². The molecule has 0 aliphatic heterocycles. The van der Waals surface area contributed by atoms with Gasteiger partial charge in [-0.1, -0.05) is 12.1 Å². The van der Waals surface area contributed by atoms with Gasteiger partial charge >= 0.3 is 0 Å². The van der Waals surface area contributed by atoms with Crippen LogP contribution in [0.3, 0.4) is 0 Å². The normalized spacial score (nSPS) is 11.7. The third kappa shape index (κ3) is 3.69. The first-order chi connectivity index (χ1) is 9.97. The zero-order valence-electron chi connectivity index (χ0n) is 12.1. The standard InChI is InChI=1S/C17H18N2O2/c1-11(14-4-3-5-15(18)10-14)17(21)19-16-8-6-13(7-9-16)12(2)20/h3-11H,18H2,1-2H3,(H,19,21). The Hall–Kier alpha value is -2.62. The number of rotatable bonds is 4. The minimum absolute atomic E-state index is 0.000931. The van der Waals surface area contributed by atoms with Gasteiger partial charge in [0.15, 0.2) is 5.78 Å². The molecule has 0 aliphatic carbocycles. The van der Waals surface area contributed by atoms with E-state index >= 15 is 0 Å².